The van der Waals surface area contributed by atoms with Gasteiger partial charge < -0.3 is 15.3 Å². The SMILES string of the molecule is C[C@@H](NC(=O)[C@@H]1CC(=O)N(c2ccc(F)cc2F)C1)C(=O)O. The molecule has 2 amide bonds. The number of carboxylic acids is 1. The number of aliphatic carboxylic acids is 1. The minimum Gasteiger partial charge on any atom is -0.480 e. The zero-order valence-electron chi connectivity index (χ0n) is 11.7. The van der Waals surface area contributed by atoms with Crippen LogP contribution in [0.1, 0.15) is 13.3 Å². The number of hydrogen-bond acceptors (Lipinski definition) is 3. The Morgan fingerprint density at radius 1 is 1.41 bits per heavy atom. The molecule has 1 fully saturated rings. The number of anilines is 1. The average Bonchev–Trinajstić information content (AvgIpc) is 2.80. The quantitative estimate of drug-likeness (QED) is 0.865. The maximum absolute atomic E-state index is 13.7. The molecular weight excluding hydrogens is 298 g/mol. The Morgan fingerprint density at radius 2 is 2.09 bits per heavy atom. The molecule has 0 spiro atoms. The van der Waals surface area contributed by atoms with Gasteiger partial charge in [-0.05, 0) is 19.1 Å². The van der Waals surface area contributed by atoms with E-state index in [1.165, 1.54) is 6.92 Å². The van der Waals surface area contributed by atoms with E-state index in [1.54, 1.807) is 0 Å². The predicted octanol–water partition coefficient (Wildman–Crippen LogP) is 0.907. The van der Waals surface area contributed by atoms with Gasteiger partial charge >= 0.3 is 5.97 Å². The highest BCUT2D eigenvalue weighted by atomic mass is 19.1. The van der Waals surface area contributed by atoms with Crippen LogP contribution in [0.3, 0.4) is 0 Å². The Balaban J connectivity index is 2.10. The van der Waals surface area contributed by atoms with E-state index < -0.39 is 41.4 Å². The van der Waals surface area contributed by atoms with Crippen molar-refractivity contribution in [1.82, 2.24) is 5.32 Å². The van der Waals surface area contributed by atoms with E-state index in [2.05, 4.69) is 5.32 Å². The second kappa shape index (κ2) is 6.08. The van der Waals surface area contributed by atoms with E-state index in [0.29, 0.717) is 6.07 Å². The lowest BCUT2D eigenvalue weighted by molar-refractivity contribution is -0.141. The van der Waals surface area contributed by atoms with Crippen molar-refractivity contribution in [2.45, 2.75) is 19.4 Å². The van der Waals surface area contributed by atoms with Gasteiger partial charge in [0.25, 0.3) is 0 Å². The first kappa shape index (κ1) is 15.9. The van der Waals surface area contributed by atoms with Crippen molar-refractivity contribution < 1.29 is 28.3 Å². The van der Waals surface area contributed by atoms with Crippen LogP contribution in [0.4, 0.5) is 14.5 Å². The molecule has 1 aliphatic rings. The van der Waals surface area contributed by atoms with E-state index in [1.807, 2.05) is 0 Å². The molecule has 2 atom stereocenters. The van der Waals surface area contributed by atoms with E-state index >= 15 is 0 Å². The van der Waals surface area contributed by atoms with Gasteiger partial charge in [-0.2, -0.15) is 0 Å². The number of halogens is 2. The van der Waals surface area contributed by atoms with Gasteiger partial charge in [0.1, 0.15) is 17.7 Å². The number of benzene rings is 1. The third-order valence-corrected chi connectivity index (χ3v) is 3.43. The average molecular weight is 312 g/mol. The Hall–Kier alpha value is -2.51. The van der Waals surface area contributed by atoms with E-state index in [0.717, 1.165) is 17.0 Å². The van der Waals surface area contributed by atoms with Gasteiger partial charge in [0.2, 0.25) is 11.8 Å². The van der Waals surface area contributed by atoms with Crippen LogP contribution in [0.25, 0.3) is 0 Å². The van der Waals surface area contributed by atoms with Crippen LogP contribution in [0.15, 0.2) is 18.2 Å². The van der Waals surface area contributed by atoms with Crippen LogP contribution in [0.2, 0.25) is 0 Å². The first-order valence-electron chi connectivity index (χ1n) is 6.58. The van der Waals surface area contributed by atoms with Gasteiger partial charge in [-0.25, -0.2) is 8.78 Å². The molecule has 0 unspecified atom stereocenters. The molecule has 118 valence electrons. The van der Waals surface area contributed by atoms with Crippen LogP contribution in [0, 0.1) is 17.6 Å². The fraction of sp³-hybridized carbons (Fsp3) is 0.357. The predicted molar refractivity (Wildman–Crippen MR) is 72.1 cm³/mol. The highest BCUT2D eigenvalue weighted by molar-refractivity contribution is 6.00. The molecule has 1 aromatic rings. The second-order valence-corrected chi connectivity index (χ2v) is 5.07. The molecule has 1 heterocycles. The Labute approximate surface area is 124 Å². The Morgan fingerprint density at radius 3 is 2.68 bits per heavy atom. The summed E-state index contributed by atoms with van der Waals surface area (Å²) in [5.41, 5.74) is -0.104. The van der Waals surface area contributed by atoms with Crippen LogP contribution >= 0.6 is 0 Å². The van der Waals surface area contributed by atoms with Crippen LogP contribution in [-0.4, -0.2) is 35.5 Å². The Kier molecular flexibility index (Phi) is 4.39. The van der Waals surface area contributed by atoms with Crippen molar-refractivity contribution in [3.05, 3.63) is 29.8 Å². The van der Waals surface area contributed by atoms with Crippen molar-refractivity contribution in [2.75, 3.05) is 11.4 Å². The number of nitrogens with zero attached hydrogens (tertiary/aromatic N) is 1. The minimum atomic E-state index is -1.20. The summed E-state index contributed by atoms with van der Waals surface area (Å²) in [5.74, 6) is -4.70. The number of carboxylic acid groups (broad SMARTS) is 1. The molecule has 2 rings (SSSR count). The van der Waals surface area contributed by atoms with Crippen LogP contribution in [0.5, 0.6) is 0 Å². The van der Waals surface area contributed by atoms with Crippen molar-refractivity contribution in [3.8, 4) is 0 Å². The van der Waals surface area contributed by atoms with Crippen molar-refractivity contribution in [3.63, 3.8) is 0 Å². The molecule has 1 aliphatic heterocycles. The van der Waals surface area contributed by atoms with Gasteiger partial charge in [0, 0.05) is 19.0 Å². The lowest BCUT2D eigenvalue weighted by Crippen LogP contribution is -2.42. The summed E-state index contributed by atoms with van der Waals surface area (Å²) in [6.45, 7) is 1.22. The molecule has 1 saturated heterocycles. The molecule has 6 nitrogen and oxygen atoms in total. The summed E-state index contributed by atoms with van der Waals surface area (Å²) in [6, 6.07) is 1.72. The van der Waals surface area contributed by atoms with Crippen molar-refractivity contribution in [2.24, 2.45) is 5.92 Å². The topological polar surface area (TPSA) is 86.7 Å². The third kappa shape index (κ3) is 3.21. The smallest absolute Gasteiger partial charge is 0.325 e. The first-order chi connectivity index (χ1) is 10.3. The lowest BCUT2D eigenvalue weighted by atomic mass is 10.1. The van der Waals surface area contributed by atoms with E-state index in [4.69, 9.17) is 5.11 Å². The normalized spacial score (nSPS) is 19.1. The molecular formula is C14H14F2N2O4. The highest BCUT2D eigenvalue weighted by Crippen LogP contribution is 2.28. The number of carbonyl (C=O) groups is 3. The number of hydrogen-bond donors (Lipinski definition) is 2. The molecule has 2 N–H and O–H groups in total. The summed E-state index contributed by atoms with van der Waals surface area (Å²) in [4.78, 5) is 35.6. The molecule has 22 heavy (non-hydrogen) atoms. The molecule has 8 heteroatoms. The van der Waals surface area contributed by atoms with E-state index in [9.17, 15) is 23.2 Å². The molecule has 1 aromatic carbocycles. The zero-order valence-corrected chi connectivity index (χ0v) is 11.7. The minimum absolute atomic E-state index is 0.0838. The fourth-order valence-electron chi connectivity index (χ4n) is 2.21. The molecule has 0 bridgehead atoms. The lowest BCUT2D eigenvalue weighted by Gasteiger charge is -2.18. The summed E-state index contributed by atoms with van der Waals surface area (Å²) in [6.07, 6.45) is -0.158. The van der Waals surface area contributed by atoms with Crippen molar-refractivity contribution >= 4 is 23.5 Å². The van der Waals surface area contributed by atoms with E-state index in [-0.39, 0.29) is 18.7 Å². The van der Waals surface area contributed by atoms with Gasteiger partial charge in [-0.15, -0.1) is 0 Å². The second-order valence-electron chi connectivity index (χ2n) is 5.07. The summed E-state index contributed by atoms with van der Waals surface area (Å²) >= 11 is 0. The zero-order chi connectivity index (χ0) is 16.4. The number of amides is 2. The molecule has 0 aromatic heterocycles. The maximum atomic E-state index is 13.7. The largest absolute Gasteiger partial charge is 0.480 e. The van der Waals surface area contributed by atoms with Crippen LogP contribution < -0.4 is 10.2 Å². The highest BCUT2D eigenvalue weighted by Gasteiger charge is 2.37. The van der Waals surface area contributed by atoms with Gasteiger partial charge in [-0.1, -0.05) is 0 Å². The monoisotopic (exact) mass is 312 g/mol. The van der Waals surface area contributed by atoms with Crippen molar-refractivity contribution in [1.29, 1.82) is 0 Å². The number of carbonyl (C=O) groups excluding carboxylic acids is 2. The maximum Gasteiger partial charge on any atom is 0.325 e. The summed E-state index contributed by atoms with van der Waals surface area (Å²) in [7, 11) is 0. The Bertz CT molecular complexity index is 635. The summed E-state index contributed by atoms with van der Waals surface area (Å²) < 4.78 is 26.6. The standard InChI is InChI=1S/C14H14F2N2O4/c1-7(14(21)22)17-13(20)8-4-12(19)18(6-8)11-3-2-9(15)5-10(11)16/h2-3,5,7-8H,4,6H2,1H3,(H,17,20)(H,21,22)/t7-,8-/m1/s1. The number of rotatable bonds is 4. The van der Waals surface area contributed by atoms with Gasteiger partial charge in [0.15, 0.2) is 0 Å². The molecule has 0 saturated carbocycles. The van der Waals surface area contributed by atoms with Gasteiger partial charge in [-0.3, -0.25) is 14.4 Å². The first-order valence-corrected chi connectivity index (χ1v) is 6.58. The third-order valence-electron chi connectivity index (χ3n) is 3.43. The fourth-order valence-corrected chi connectivity index (χ4v) is 2.21. The molecule has 0 aliphatic carbocycles. The molecule has 0 radical (unpaired) electrons. The van der Waals surface area contributed by atoms with Gasteiger partial charge in [0.05, 0.1) is 11.6 Å². The number of nitrogens with one attached hydrogen (secondary N) is 1. The summed E-state index contributed by atoms with van der Waals surface area (Å²) in [5, 5.41) is 11.0. The van der Waals surface area contributed by atoms with Crippen LogP contribution in [-0.2, 0) is 14.4 Å².